The van der Waals surface area contributed by atoms with Gasteiger partial charge in [0.25, 0.3) is 0 Å². The number of hydrogen-bond acceptors (Lipinski definition) is 4. The van der Waals surface area contributed by atoms with Gasteiger partial charge in [0.1, 0.15) is 0 Å². The number of nitrogens with zero attached hydrogens (tertiary/aromatic N) is 1. The number of nitrogens with two attached hydrogens (primary N) is 1. The van der Waals surface area contributed by atoms with Gasteiger partial charge in [0, 0.05) is 25.6 Å². The smallest absolute Gasteiger partial charge is 0.237 e. The molecule has 18 heavy (non-hydrogen) atoms. The third-order valence-corrected chi connectivity index (χ3v) is 3.64. The maximum Gasteiger partial charge on any atom is 0.237 e. The molecule has 0 spiro atoms. The van der Waals surface area contributed by atoms with Crippen LogP contribution >= 0.6 is 0 Å². The summed E-state index contributed by atoms with van der Waals surface area (Å²) in [5.74, 6) is 2.20. The largest absolute Gasteiger partial charge is 0.373 e. The molecule has 2 heterocycles. The van der Waals surface area contributed by atoms with Gasteiger partial charge < -0.3 is 15.8 Å². The van der Waals surface area contributed by atoms with Gasteiger partial charge in [0.15, 0.2) is 0 Å². The Labute approximate surface area is 108 Å². The molecule has 2 fully saturated rings. The molecule has 3 unspecified atom stereocenters. The molecule has 3 atom stereocenters. The van der Waals surface area contributed by atoms with Crippen LogP contribution in [0.2, 0.25) is 0 Å². The predicted octanol–water partition coefficient (Wildman–Crippen LogP) is -0.684. The van der Waals surface area contributed by atoms with Crippen molar-refractivity contribution in [3.8, 4) is 12.3 Å². The number of amides is 1. The minimum Gasteiger partial charge on any atom is -0.373 e. The molecule has 0 radical (unpaired) electrons. The summed E-state index contributed by atoms with van der Waals surface area (Å²) in [7, 11) is 0. The van der Waals surface area contributed by atoms with Gasteiger partial charge in [-0.05, 0) is 19.4 Å². The van der Waals surface area contributed by atoms with Crippen LogP contribution in [0.5, 0.6) is 0 Å². The molecule has 2 aliphatic heterocycles. The zero-order chi connectivity index (χ0) is 13.0. The molecule has 0 bridgehead atoms. The summed E-state index contributed by atoms with van der Waals surface area (Å²) < 4.78 is 5.74. The minimum atomic E-state index is -0.613. The van der Waals surface area contributed by atoms with E-state index in [4.69, 9.17) is 16.9 Å². The first-order chi connectivity index (χ1) is 8.70. The monoisotopic (exact) mass is 251 g/mol. The number of hydrogen-bond donors (Lipinski definition) is 2. The first kappa shape index (κ1) is 13.3. The van der Waals surface area contributed by atoms with E-state index in [0.29, 0.717) is 12.6 Å². The first-order valence-electron chi connectivity index (χ1n) is 6.53. The van der Waals surface area contributed by atoms with Gasteiger partial charge in [-0.1, -0.05) is 0 Å². The molecule has 5 heteroatoms. The third-order valence-electron chi connectivity index (χ3n) is 3.64. The van der Waals surface area contributed by atoms with Crippen molar-refractivity contribution >= 4 is 5.91 Å². The molecule has 5 nitrogen and oxygen atoms in total. The predicted molar refractivity (Wildman–Crippen MR) is 68.8 cm³/mol. The lowest BCUT2D eigenvalue weighted by molar-refractivity contribution is -0.123. The second-order valence-corrected chi connectivity index (χ2v) is 5.01. The number of terminal acetylenes is 1. The van der Waals surface area contributed by atoms with Crippen molar-refractivity contribution < 1.29 is 9.53 Å². The molecule has 100 valence electrons. The average molecular weight is 251 g/mol. The summed E-state index contributed by atoms with van der Waals surface area (Å²) in [5, 5.41) is 2.81. The minimum absolute atomic E-state index is 0.0707. The van der Waals surface area contributed by atoms with Crippen LogP contribution in [0.4, 0.5) is 0 Å². The number of ether oxygens (including phenoxy) is 1. The van der Waals surface area contributed by atoms with Gasteiger partial charge in [-0.2, -0.15) is 0 Å². The van der Waals surface area contributed by atoms with Gasteiger partial charge in [0.2, 0.25) is 5.91 Å². The topological polar surface area (TPSA) is 67.6 Å². The average Bonchev–Trinajstić information content (AvgIpc) is 2.83. The van der Waals surface area contributed by atoms with Crippen molar-refractivity contribution in [1.82, 2.24) is 10.2 Å². The van der Waals surface area contributed by atoms with Crippen molar-refractivity contribution in [2.24, 2.45) is 5.73 Å². The number of carbonyl (C=O) groups is 1. The highest BCUT2D eigenvalue weighted by Crippen LogP contribution is 2.22. The van der Waals surface area contributed by atoms with E-state index in [1.165, 1.54) is 12.8 Å². The lowest BCUT2D eigenvalue weighted by Crippen LogP contribution is -2.51. The van der Waals surface area contributed by atoms with Crippen LogP contribution in [0.15, 0.2) is 0 Å². The second kappa shape index (κ2) is 6.19. The SMILES string of the molecule is C#CCC(N)C(=O)NCC1CN2CCCC2CO1. The van der Waals surface area contributed by atoms with Crippen LogP contribution in [0.3, 0.4) is 0 Å². The molecule has 3 N–H and O–H groups in total. The summed E-state index contributed by atoms with van der Waals surface area (Å²) in [5.41, 5.74) is 5.62. The molecule has 2 aliphatic rings. The number of fused-ring (bicyclic) bond motifs is 1. The molecule has 0 aromatic carbocycles. The standard InChI is InChI=1S/C13H21N3O2/c1-2-4-12(14)13(17)15-7-11-8-16-6-3-5-10(16)9-18-11/h1,10-12H,3-9,14H2,(H,15,17). The van der Waals surface area contributed by atoms with Gasteiger partial charge in [0.05, 0.1) is 18.8 Å². The van der Waals surface area contributed by atoms with Crippen molar-refractivity contribution in [1.29, 1.82) is 0 Å². The zero-order valence-electron chi connectivity index (χ0n) is 10.6. The van der Waals surface area contributed by atoms with Crippen molar-refractivity contribution in [2.45, 2.75) is 37.5 Å². The van der Waals surface area contributed by atoms with Gasteiger partial charge >= 0.3 is 0 Å². The molecular weight excluding hydrogens is 230 g/mol. The van der Waals surface area contributed by atoms with E-state index in [1.807, 2.05) is 0 Å². The van der Waals surface area contributed by atoms with Crippen LogP contribution in [0.1, 0.15) is 19.3 Å². The van der Waals surface area contributed by atoms with E-state index >= 15 is 0 Å². The van der Waals surface area contributed by atoms with Gasteiger partial charge in [-0.15, -0.1) is 12.3 Å². The quantitative estimate of drug-likeness (QED) is 0.649. The number of carbonyl (C=O) groups excluding carboxylic acids is 1. The Balaban J connectivity index is 1.71. The second-order valence-electron chi connectivity index (χ2n) is 5.01. The highest BCUT2D eigenvalue weighted by Gasteiger charge is 2.32. The molecular formula is C13H21N3O2. The Kier molecular flexibility index (Phi) is 4.59. The maximum absolute atomic E-state index is 11.6. The summed E-state index contributed by atoms with van der Waals surface area (Å²) in [4.78, 5) is 14.0. The van der Waals surface area contributed by atoms with Gasteiger partial charge in [-0.3, -0.25) is 9.69 Å². The lowest BCUT2D eigenvalue weighted by atomic mass is 10.1. The molecule has 0 aromatic rings. The van der Waals surface area contributed by atoms with Crippen molar-refractivity contribution in [2.75, 3.05) is 26.2 Å². The van der Waals surface area contributed by atoms with Crippen LogP contribution in [-0.4, -0.2) is 55.2 Å². The maximum atomic E-state index is 11.6. The van der Waals surface area contributed by atoms with E-state index in [9.17, 15) is 4.79 Å². The Morgan fingerprint density at radius 2 is 2.50 bits per heavy atom. The number of nitrogens with one attached hydrogen (secondary N) is 1. The normalized spacial score (nSPS) is 29.3. The number of rotatable bonds is 4. The van der Waals surface area contributed by atoms with E-state index in [0.717, 1.165) is 19.7 Å². The summed E-state index contributed by atoms with van der Waals surface area (Å²) in [6.45, 7) is 3.33. The first-order valence-corrected chi connectivity index (χ1v) is 6.53. The molecule has 2 rings (SSSR count). The summed E-state index contributed by atoms with van der Waals surface area (Å²) in [6.07, 6.45) is 7.94. The Morgan fingerprint density at radius 1 is 1.67 bits per heavy atom. The van der Waals surface area contributed by atoms with E-state index in [2.05, 4.69) is 16.1 Å². The summed E-state index contributed by atoms with van der Waals surface area (Å²) >= 11 is 0. The van der Waals surface area contributed by atoms with Crippen molar-refractivity contribution in [3.05, 3.63) is 0 Å². The van der Waals surface area contributed by atoms with Crippen molar-refractivity contribution in [3.63, 3.8) is 0 Å². The van der Waals surface area contributed by atoms with E-state index < -0.39 is 6.04 Å². The molecule has 0 aromatic heterocycles. The Morgan fingerprint density at radius 3 is 3.28 bits per heavy atom. The van der Waals surface area contributed by atoms with Gasteiger partial charge in [-0.25, -0.2) is 0 Å². The van der Waals surface area contributed by atoms with Crippen LogP contribution in [-0.2, 0) is 9.53 Å². The molecule has 1 amide bonds. The van der Waals surface area contributed by atoms with E-state index in [-0.39, 0.29) is 18.4 Å². The fourth-order valence-corrected chi connectivity index (χ4v) is 2.57. The fourth-order valence-electron chi connectivity index (χ4n) is 2.57. The summed E-state index contributed by atoms with van der Waals surface area (Å²) in [6, 6.07) is -0.0289. The Hall–Kier alpha value is -1.09. The number of morpholine rings is 1. The van der Waals surface area contributed by atoms with Crippen LogP contribution in [0, 0.1) is 12.3 Å². The fraction of sp³-hybridized carbons (Fsp3) is 0.769. The van der Waals surface area contributed by atoms with Crippen LogP contribution in [0.25, 0.3) is 0 Å². The zero-order valence-corrected chi connectivity index (χ0v) is 10.6. The molecule has 2 saturated heterocycles. The lowest BCUT2D eigenvalue weighted by Gasteiger charge is -2.35. The molecule has 0 aliphatic carbocycles. The van der Waals surface area contributed by atoms with Crippen LogP contribution < -0.4 is 11.1 Å². The highest BCUT2D eigenvalue weighted by molar-refractivity contribution is 5.81. The van der Waals surface area contributed by atoms with E-state index in [1.54, 1.807) is 0 Å². The Bertz CT molecular complexity index is 340. The highest BCUT2D eigenvalue weighted by atomic mass is 16.5. The molecule has 0 saturated carbocycles. The third kappa shape index (κ3) is 3.22.